The fourth-order valence-electron chi connectivity index (χ4n) is 2.88. The first kappa shape index (κ1) is 14.2. The van der Waals surface area contributed by atoms with Crippen LogP contribution in [0.4, 0.5) is 0 Å². The Kier molecular flexibility index (Phi) is 3.78. The van der Waals surface area contributed by atoms with E-state index < -0.39 is 0 Å². The van der Waals surface area contributed by atoms with Crippen molar-refractivity contribution >= 4 is 5.65 Å². The molecule has 2 unspecified atom stereocenters. The van der Waals surface area contributed by atoms with Crippen LogP contribution in [0.25, 0.3) is 5.65 Å². The van der Waals surface area contributed by atoms with Crippen LogP contribution in [-0.2, 0) is 6.54 Å². The Morgan fingerprint density at radius 2 is 2.24 bits per heavy atom. The van der Waals surface area contributed by atoms with Crippen LogP contribution in [0.3, 0.4) is 0 Å². The molecule has 2 N–H and O–H groups in total. The van der Waals surface area contributed by atoms with Gasteiger partial charge < -0.3 is 5.73 Å². The molecule has 0 amide bonds. The third-order valence-corrected chi connectivity index (χ3v) is 4.35. The molecule has 3 rings (SSSR count). The third-order valence-electron chi connectivity index (χ3n) is 4.35. The molecule has 0 spiro atoms. The number of aromatic nitrogens is 2. The monoisotopic (exact) mass is 286 g/mol. The highest BCUT2D eigenvalue weighted by molar-refractivity contribution is 5.39. The van der Waals surface area contributed by atoms with E-state index in [9.17, 15) is 4.79 Å². The van der Waals surface area contributed by atoms with Crippen molar-refractivity contribution in [2.75, 3.05) is 13.1 Å². The Morgan fingerprint density at radius 1 is 1.43 bits per heavy atom. The van der Waals surface area contributed by atoms with Crippen LogP contribution < -0.4 is 11.3 Å². The van der Waals surface area contributed by atoms with Gasteiger partial charge in [0.05, 0.1) is 5.69 Å². The number of aryl methyl sites for hydroxylation is 1. The molecule has 0 saturated carbocycles. The third kappa shape index (κ3) is 2.99. The van der Waals surface area contributed by atoms with Crippen LogP contribution in [-0.4, -0.2) is 33.4 Å². The first-order valence-corrected chi connectivity index (χ1v) is 7.50. The summed E-state index contributed by atoms with van der Waals surface area (Å²) in [4.78, 5) is 19.1. The van der Waals surface area contributed by atoms with Gasteiger partial charge in [-0.25, -0.2) is 4.98 Å². The highest BCUT2D eigenvalue weighted by atomic mass is 16.1. The highest BCUT2D eigenvalue weighted by Gasteiger charge is 2.23. The lowest BCUT2D eigenvalue weighted by Crippen LogP contribution is -2.47. The van der Waals surface area contributed by atoms with Gasteiger partial charge >= 0.3 is 0 Å². The maximum absolute atomic E-state index is 12.2. The maximum atomic E-state index is 12.2. The number of nitrogens with zero attached hydrogens (tertiary/aromatic N) is 3. The van der Waals surface area contributed by atoms with Crippen molar-refractivity contribution in [3.63, 3.8) is 0 Å². The Bertz CT molecular complexity index is 709. The predicted molar refractivity (Wildman–Crippen MR) is 83.2 cm³/mol. The fraction of sp³-hybridized carbons (Fsp3) is 0.500. The van der Waals surface area contributed by atoms with Gasteiger partial charge in [-0.05, 0) is 37.4 Å². The zero-order valence-corrected chi connectivity index (χ0v) is 12.6. The molecule has 5 heteroatoms. The topological polar surface area (TPSA) is 63.6 Å². The molecule has 1 aliphatic rings. The Balaban J connectivity index is 1.85. The number of hydrogen-bond acceptors (Lipinski definition) is 4. The van der Waals surface area contributed by atoms with Gasteiger partial charge in [0.1, 0.15) is 5.65 Å². The lowest BCUT2D eigenvalue weighted by molar-refractivity contribution is 0.160. The molecule has 1 saturated heterocycles. The standard InChI is InChI=1S/C16H22N4O/c1-11-3-4-15-18-13(7-16(21)20(15)8-11)9-19-6-5-12(2)14(17)10-19/h3-4,7-8,12,14H,5-6,9-10,17H2,1-2H3. The molecular formula is C16H22N4O. The summed E-state index contributed by atoms with van der Waals surface area (Å²) in [6.45, 7) is 6.75. The molecule has 1 fully saturated rings. The average molecular weight is 286 g/mol. The van der Waals surface area contributed by atoms with Gasteiger partial charge in [0.15, 0.2) is 0 Å². The van der Waals surface area contributed by atoms with Crippen molar-refractivity contribution in [1.82, 2.24) is 14.3 Å². The predicted octanol–water partition coefficient (Wildman–Crippen LogP) is 1.17. The summed E-state index contributed by atoms with van der Waals surface area (Å²) >= 11 is 0. The van der Waals surface area contributed by atoms with Crippen LogP contribution >= 0.6 is 0 Å². The molecule has 2 atom stereocenters. The normalized spacial score (nSPS) is 23.6. The second-order valence-electron chi connectivity index (χ2n) is 6.19. The highest BCUT2D eigenvalue weighted by Crippen LogP contribution is 2.17. The van der Waals surface area contributed by atoms with Crippen LogP contribution in [0.1, 0.15) is 24.6 Å². The van der Waals surface area contributed by atoms with E-state index in [-0.39, 0.29) is 11.6 Å². The number of piperidine rings is 1. The maximum Gasteiger partial charge on any atom is 0.258 e. The van der Waals surface area contributed by atoms with Gasteiger partial charge in [0.25, 0.3) is 5.56 Å². The van der Waals surface area contributed by atoms with Crippen LogP contribution in [0.5, 0.6) is 0 Å². The van der Waals surface area contributed by atoms with Gasteiger partial charge in [-0.1, -0.05) is 13.0 Å². The largest absolute Gasteiger partial charge is 0.326 e. The van der Waals surface area contributed by atoms with Crippen molar-refractivity contribution in [2.24, 2.45) is 11.7 Å². The van der Waals surface area contributed by atoms with Crippen LogP contribution in [0.2, 0.25) is 0 Å². The van der Waals surface area contributed by atoms with Crippen molar-refractivity contribution < 1.29 is 0 Å². The SMILES string of the molecule is Cc1ccc2nc(CN3CCC(C)C(N)C3)cc(=O)n2c1. The summed E-state index contributed by atoms with van der Waals surface area (Å²) < 4.78 is 1.60. The molecule has 3 heterocycles. The molecule has 2 aromatic rings. The van der Waals surface area contributed by atoms with Gasteiger partial charge in [0, 0.05) is 31.4 Å². The zero-order chi connectivity index (χ0) is 15.0. The smallest absolute Gasteiger partial charge is 0.258 e. The summed E-state index contributed by atoms with van der Waals surface area (Å²) in [6, 6.07) is 5.72. The van der Waals surface area contributed by atoms with Crippen molar-refractivity contribution in [2.45, 2.75) is 32.9 Å². The number of pyridine rings is 1. The van der Waals surface area contributed by atoms with Gasteiger partial charge in [-0.2, -0.15) is 0 Å². The molecule has 2 aromatic heterocycles. The summed E-state index contributed by atoms with van der Waals surface area (Å²) in [5.41, 5.74) is 8.69. The number of hydrogen-bond donors (Lipinski definition) is 1. The van der Waals surface area contributed by atoms with E-state index in [0.29, 0.717) is 18.1 Å². The molecular weight excluding hydrogens is 264 g/mol. The lowest BCUT2D eigenvalue weighted by Gasteiger charge is -2.34. The first-order chi connectivity index (χ1) is 10.0. The van der Waals surface area contributed by atoms with Crippen molar-refractivity contribution in [3.05, 3.63) is 46.0 Å². The summed E-state index contributed by atoms with van der Waals surface area (Å²) in [7, 11) is 0. The number of rotatable bonds is 2. The van der Waals surface area contributed by atoms with Gasteiger partial charge in [-0.3, -0.25) is 14.1 Å². The van der Waals surface area contributed by atoms with Crippen LogP contribution in [0, 0.1) is 12.8 Å². The van der Waals surface area contributed by atoms with Gasteiger partial charge in [0.2, 0.25) is 0 Å². The Labute approximate surface area is 124 Å². The second-order valence-corrected chi connectivity index (χ2v) is 6.19. The van der Waals surface area contributed by atoms with E-state index in [2.05, 4.69) is 16.8 Å². The summed E-state index contributed by atoms with van der Waals surface area (Å²) in [5, 5.41) is 0. The zero-order valence-electron chi connectivity index (χ0n) is 12.6. The lowest BCUT2D eigenvalue weighted by atomic mass is 9.94. The minimum absolute atomic E-state index is 0.0200. The van der Waals surface area contributed by atoms with E-state index in [4.69, 9.17) is 5.73 Å². The molecule has 112 valence electrons. The Hall–Kier alpha value is -1.72. The quantitative estimate of drug-likeness (QED) is 0.900. The van der Waals surface area contributed by atoms with E-state index in [1.54, 1.807) is 10.5 Å². The minimum atomic E-state index is -0.0200. The molecule has 0 aromatic carbocycles. The van der Waals surface area contributed by atoms with Crippen molar-refractivity contribution in [3.8, 4) is 0 Å². The molecule has 0 radical (unpaired) electrons. The summed E-state index contributed by atoms with van der Waals surface area (Å²) in [5.74, 6) is 0.569. The molecule has 0 bridgehead atoms. The van der Waals surface area contributed by atoms with Crippen LogP contribution in [0.15, 0.2) is 29.2 Å². The second kappa shape index (κ2) is 5.58. The Morgan fingerprint density at radius 3 is 3.00 bits per heavy atom. The molecule has 1 aliphatic heterocycles. The fourth-order valence-corrected chi connectivity index (χ4v) is 2.88. The van der Waals surface area contributed by atoms with Gasteiger partial charge in [-0.15, -0.1) is 0 Å². The number of likely N-dealkylation sites (tertiary alicyclic amines) is 1. The first-order valence-electron chi connectivity index (χ1n) is 7.50. The van der Waals surface area contributed by atoms with Crippen molar-refractivity contribution in [1.29, 1.82) is 0 Å². The number of fused-ring (bicyclic) bond motifs is 1. The van der Waals surface area contributed by atoms with E-state index in [0.717, 1.165) is 30.8 Å². The average Bonchev–Trinajstić information content (AvgIpc) is 2.44. The summed E-state index contributed by atoms with van der Waals surface area (Å²) in [6.07, 6.45) is 2.93. The number of nitrogens with two attached hydrogens (primary N) is 1. The molecule has 21 heavy (non-hydrogen) atoms. The van der Waals surface area contributed by atoms with E-state index in [1.807, 2.05) is 25.3 Å². The van der Waals surface area contributed by atoms with E-state index >= 15 is 0 Å². The molecule has 5 nitrogen and oxygen atoms in total. The molecule has 0 aliphatic carbocycles. The minimum Gasteiger partial charge on any atom is -0.326 e. The van der Waals surface area contributed by atoms with E-state index in [1.165, 1.54) is 0 Å².